The van der Waals surface area contributed by atoms with E-state index in [1.165, 1.54) is 42.1 Å². The number of nitrogens with zero attached hydrogens (tertiary/aromatic N) is 4. The van der Waals surface area contributed by atoms with Gasteiger partial charge in [-0.15, -0.1) is 4.98 Å². The van der Waals surface area contributed by atoms with Crippen molar-refractivity contribution in [2.45, 2.75) is 11.8 Å². The first-order valence-electron chi connectivity index (χ1n) is 8.52. The first-order valence-corrected chi connectivity index (χ1v) is 9.96. The van der Waals surface area contributed by atoms with Gasteiger partial charge in [0.1, 0.15) is 4.90 Å². The molecule has 2 aromatic heterocycles. The summed E-state index contributed by atoms with van der Waals surface area (Å²) in [7, 11) is -4.67. The maximum absolute atomic E-state index is 11.8. The topological polar surface area (TPSA) is 207 Å². The molecule has 0 unspecified atom stereocenters. The Morgan fingerprint density at radius 2 is 1.90 bits per heavy atom. The van der Waals surface area contributed by atoms with Crippen LogP contribution in [0.1, 0.15) is 17.3 Å². The maximum Gasteiger partial charge on any atom is 0.444 e. The van der Waals surface area contributed by atoms with Crippen molar-refractivity contribution in [2.24, 2.45) is 5.73 Å². The van der Waals surface area contributed by atoms with Gasteiger partial charge >= 0.3 is 17.8 Å². The number of benzene rings is 1. The van der Waals surface area contributed by atoms with Crippen molar-refractivity contribution in [3.8, 4) is 5.95 Å². The minimum Gasteiger partial charge on any atom is -0.366 e. The number of hydrogen-bond donors (Lipinski definition) is 5. The largest absolute Gasteiger partial charge is 0.444 e. The molecule has 2 heterocycles. The molecule has 31 heavy (non-hydrogen) atoms. The van der Waals surface area contributed by atoms with E-state index in [2.05, 4.69) is 25.6 Å². The highest BCUT2D eigenvalue weighted by atomic mass is 32.2. The molecular formula is C17H17N8O5S+. The van der Waals surface area contributed by atoms with E-state index in [0.29, 0.717) is 0 Å². The summed E-state index contributed by atoms with van der Waals surface area (Å²) in [5.41, 5.74) is 11.3. The molecule has 14 heteroatoms. The minimum absolute atomic E-state index is 0.0152. The smallest absolute Gasteiger partial charge is 0.366 e. The zero-order valence-electron chi connectivity index (χ0n) is 16.0. The summed E-state index contributed by atoms with van der Waals surface area (Å²) >= 11 is 0. The molecule has 0 aliphatic rings. The lowest BCUT2D eigenvalue weighted by Crippen LogP contribution is -2.35. The van der Waals surface area contributed by atoms with E-state index >= 15 is 0 Å². The van der Waals surface area contributed by atoms with E-state index in [9.17, 15) is 22.6 Å². The van der Waals surface area contributed by atoms with Crippen LogP contribution in [0.25, 0.3) is 5.95 Å². The maximum atomic E-state index is 11.8. The zero-order chi connectivity index (χ0) is 22.8. The minimum atomic E-state index is -4.67. The van der Waals surface area contributed by atoms with Gasteiger partial charge in [-0.05, 0) is 40.3 Å². The Kier molecular flexibility index (Phi) is 5.76. The summed E-state index contributed by atoms with van der Waals surface area (Å²) in [6, 6.07) is 6.82. The van der Waals surface area contributed by atoms with E-state index in [4.69, 9.17) is 11.5 Å². The van der Waals surface area contributed by atoms with Crippen LogP contribution in [0.4, 0.5) is 23.3 Å². The van der Waals surface area contributed by atoms with Crippen LogP contribution in [-0.4, -0.2) is 39.7 Å². The second kappa shape index (κ2) is 8.29. The molecule has 0 bridgehead atoms. The van der Waals surface area contributed by atoms with E-state index in [1.54, 1.807) is 6.07 Å². The number of nitrogens with one attached hydrogen (secondary N) is 2. The fourth-order valence-electron chi connectivity index (χ4n) is 2.54. The Hall–Kier alpha value is -4.17. The van der Waals surface area contributed by atoms with Gasteiger partial charge in [-0.1, -0.05) is 0 Å². The molecule has 3 aromatic rings. The summed E-state index contributed by atoms with van der Waals surface area (Å²) in [6.45, 7) is 1.25. The van der Waals surface area contributed by atoms with Gasteiger partial charge in [0, 0.05) is 12.6 Å². The first-order chi connectivity index (χ1) is 14.5. The van der Waals surface area contributed by atoms with Crippen molar-refractivity contribution in [1.29, 1.82) is 0 Å². The normalized spacial score (nSPS) is 11.0. The van der Waals surface area contributed by atoms with Crippen LogP contribution >= 0.6 is 0 Å². The molecule has 1 aromatic carbocycles. The molecule has 3 rings (SSSR count). The van der Waals surface area contributed by atoms with Gasteiger partial charge in [-0.3, -0.25) is 14.1 Å². The summed E-state index contributed by atoms with van der Waals surface area (Å²) in [6.07, 6.45) is 2.92. The van der Waals surface area contributed by atoms with Gasteiger partial charge in [0.05, 0.1) is 23.6 Å². The summed E-state index contributed by atoms with van der Waals surface area (Å²) < 4.78 is 34.6. The quantitative estimate of drug-likeness (QED) is 0.249. The molecule has 0 saturated heterocycles. The van der Waals surface area contributed by atoms with Crippen molar-refractivity contribution in [3.63, 3.8) is 0 Å². The summed E-state index contributed by atoms with van der Waals surface area (Å²) in [5, 5.41) is 5.07. The Bertz CT molecular complexity index is 1300. The van der Waals surface area contributed by atoms with Crippen molar-refractivity contribution in [1.82, 2.24) is 15.0 Å². The number of primary amides is 1. The van der Waals surface area contributed by atoms with Gasteiger partial charge < -0.3 is 22.1 Å². The molecular weight excluding hydrogens is 428 g/mol. The molecule has 0 radical (unpaired) electrons. The number of nitrogen functional groups attached to an aromatic ring is 1. The number of pyridine rings is 1. The van der Waals surface area contributed by atoms with Crippen LogP contribution in [0.15, 0.2) is 47.6 Å². The van der Waals surface area contributed by atoms with Crippen molar-refractivity contribution in [3.05, 3.63) is 48.3 Å². The van der Waals surface area contributed by atoms with Crippen molar-refractivity contribution in [2.75, 3.05) is 16.4 Å². The van der Waals surface area contributed by atoms with Gasteiger partial charge in [0.15, 0.2) is 0 Å². The molecule has 13 nitrogen and oxygen atoms in total. The Morgan fingerprint density at radius 3 is 2.55 bits per heavy atom. The van der Waals surface area contributed by atoms with E-state index in [-0.39, 0.29) is 34.8 Å². The molecule has 0 fully saturated rings. The van der Waals surface area contributed by atoms with Crippen LogP contribution in [-0.2, 0) is 14.9 Å². The standard InChI is InChI=1S/C17H16N8O5S/c1-9(26)20-11-4-5-12(13(7-11)31(28,29)30)21-16-22-15(19)23-17(24-16)25-6-2-3-10(8-25)14(18)27/h2-8H,1H3,(H6-,18,19,20,21,22,23,24,26,27,28,29,30)/p+1. The van der Waals surface area contributed by atoms with Crippen LogP contribution in [0.2, 0.25) is 0 Å². The monoisotopic (exact) mass is 445 g/mol. The van der Waals surface area contributed by atoms with E-state index < -0.39 is 26.8 Å². The number of carbonyl (C=O) groups excluding carboxylic acids is 2. The van der Waals surface area contributed by atoms with Gasteiger partial charge in [0.25, 0.3) is 16.0 Å². The highest BCUT2D eigenvalue weighted by Gasteiger charge is 2.21. The third-order valence-electron chi connectivity index (χ3n) is 3.78. The molecule has 0 aliphatic heterocycles. The number of aromatic nitrogens is 4. The number of hydrogen-bond acceptors (Lipinski definition) is 9. The summed E-state index contributed by atoms with van der Waals surface area (Å²) in [4.78, 5) is 34.1. The average Bonchev–Trinajstić information content (AvgIpc) is 2.67. The number of anilines is 4. The summed E-state index contributed by atoms with van der Waals surface area (Å²) in [5.74, 6) is -1.41. The van der Waals surface area contributed by atoms with Crippen LogP contribution in [0.3, 0.4) is 0 Å². The zero-order valence-corrected chi connectivity index (χ0v) is 16.8. The fraction of sp³-hybridized carbons (Fsp3) is 0.0588. The van der Waals surface area contributed by atoms with Crippen molar-refractivity contribution < 1.29 is 27.1 Å². The molecule has 0 aliphatic carbocycles. The Morgan fingerprint density at radius 1 is 1.16 bits per heavy atom. The predicted octanol–water partition coefficient (Wildman–Crippen LogP) is -0.222. The SMILES string of the molecule is CC(=O)Nc1ccc(Nc2nc(N)nc(-[n+]3cccc(C(N)=O)c3)n2)c(S(=O)(=O)O)c1. The third kappa shape index (κ3) is 5.26. The van der Waals surface area contributed by atoms with Crippen LogP contribution in [0.5, 0.6) is 0 Å². The lowest BCUT2D eigenvalue weighted by Gasteiger charge is -2.10. The van der Waals surface area contributed by atoms with Gasteiger partial charge in [-0.25, -0.2) is 4.57 Å². The van der Waals surface area contributed by atoms with Crippen LogP contribution < -0.4 is 26.7 Å². The predicted molar refractivity (Wildman–Crippen MR) is 108 cm³/mol. The number of nitrogens with two attached hydrogens (primary N) is 2. The molecule has 0 atom stereocenters. The third-order valence-corrected chi connectivity index (χ3v) is 4.68. The van der Waals surface area contributed by atoms with Gasteiger partial charge in [-0.2, -0.15) is 8.42 Å². The van der Waals surface area contributed by atoms with Crippen molar-refractivity contribution >= 4 is 45.2 Å². The molecule has 2 amide bonds. The molecule has 7 N–H and O–H groups in total. The highest BCUT2D eigenvalue weighted by Crippen LogP contribution is 2.27. The number of amides is 2. The molecule has 0 spiro atoms. The molecule has 160 valence electrons. The lowest BCUT2D eigenvalue weighted by atomic mass is 10.2. The highest BCUT2D eigenvalue weighted by molar-refractivity contribution is 7.86. The van der Waals surface area contributed by atoms with E-state index in [0.717, 1.165) is 6.07 Å². The fourth-order valence-corrected chi connectivity index (χ4v) is 3.21. The average molecular weight is 445 g/mol. The Labute approximate surface area is 175 Å². The van der Waals surface area contributed by atoms with Crippen LogP contribution in [0, 0.1) is 0 Å². The Balaban J connectivity index is 2.03. The second-order valence-corrected chi connectivity index (χ2v) is 7.56. The number of rotatable bonds is 6. The number of carbonyl (C=O) groups is 2. The van der Waals surface area contributed by atoms with E-state index in [1.807, 2.05) is 0 Å². The second-order valence-electron chi connectivity index (χ2n) is 6.17. The molecule has 0 saturated carbocycles. The first kappa shape index (κ1) is 21.5. The van der Waals surface area contributed by atoms with Gasteiger partial charge in [0.2, 0.25) is 5.91 Å². The lowest BCUT2D eigenvalue weighted by molar-refractivity contribution is -0.603.